The molecule has 1 aromatic rings. The maximum Gasteiger partial charge on any atom is 0.146 e. The van der Waals surface area contributed by atoms with E-state index in [9.17, 15) is 0 Å². The molecule has 0 fully saturated rings. The number of benzene rings is 1. The summed E-state index contributed by atoms with van der Waals surface area (Å²) in [5.41, 5.74) is 6.96. The Morgan fingerprint density at radius 1 is 1.50 bits per heavy atom. The fourth-order valence-electron chi connectivity index (χ4n) is 1.59. The Hall–Kier alpha value is -2.20. The van der Waals surface area contributed by atoms with E-state index in [1.54, 1.807) is 41.6 Å². The van der Waals surface area contributed by atoms with Gasteiger partial charge in [0.1, 0.15) is 11.5 Å². The summed E-state index contributed by atoms with van der Waals surface area (Å²) in [7, 11) is 0. The average Bonchev–Trinajstić information content (AvgIpc) is 2.41. The van der Waals surface area contributed by atoms with E-state index in [-0.39, 0.29) is 0 Å². The molecule has 104 valence electrons. The van der Waals surface area contributed by atoms with Crippen LogP contribution in [-0.2, 0) is 0 Å². The summed E-state index contributed by atoms with van der Waals surface area (Å²) >= 11 is 6.07. The molecule has 0 spiro atoms. The van der Waals surface area contributed by atoms with Crippen molar-refractivity contribution in [1.29, 1.82) is 0 Å². The third kappa shape index (κ3) is 3.42. The SMILES string of the molecule is C=C1C=C(Oc2ccc(N)cc2Cl)C=CN1/N=C\CC. The number of halogens is 1. The van der Waals surface area contributed by atoms with Crippen molar-refractivity contribution in [2.45, 2.75) is 13.3 Å². The number of ether oxygens (including phenoxy) is 1. The van der Waals surface area contributed by atoms with E-state index in [1.807, 2.05) is 13.1 Å². The molecule has 5 heteroatoms. The van der Waals surface area contributed by atoms with Crippen molar-refractivity contribution in [1.82, 2.24) is 5.01 Å². The van der Waals surface area contributed by atoms with Crippen molar-refractivity contribution in [3.05, 3.63) is 59.6 Å². The van der Waals surface area contributed by atoms with Gasteiger partial charge in [-0.05, 0) is 30.7 Å². The van der Waals surface area contributed by atoms with Crippen molar-refractivity contribution in [2.75, 3.05) is 5.73 Å². The minimum Gasteiger partial charge on any atom is -0.456 e. The molecule has 1 aromatic carbocycles. The number of hydrogen-bond donors (Lipinski definition) is 1. The number of rotatable bonds is 4. The molecule has 2 rings (SSSR count). The molecule has 0 saturated heterocycles. The minimum atomic E-state index is 0.469. The van der Waals surface area contributed by atoms with E-state index in [2.05, 4.69) is 11.7 Å². The number of anilines is 1. The normalized spacial score (nSPS) is 14.8. The Bertz CT molecular complexity index is 605. The topological polar surface area (TPSA) is 50.9 Å². The van der Waals surface area contributed by atoms with E-state index in [1.165, 1.54) is 0 Å². The van der Waals surface area contributed by atoms with Crippen LogP contribution in [0.1, 0.15) is 13.3 Å². The van der Waals surface area contributed by atoms with Gasteiger partial charge in [0.15, 0.2) is 0 Å². The Kier molecular flexibility index (Phi) is 4.48. The highest BCUT2D eigenvalue weighted by Crippen LogP contribution is 2.29. The number of allylic oxidation sites excluding steroid dienone is 2. The number of hydrazone groups is 1. The van der Waals surface area contributed by atoms with E-state index in [0.717, 1.165) is 12.1 Å². The summed E-state index contributed by atoms with van der Waals surface area (Å²) in [6.07, 6.45) is 8.06. The summed E-state index contributed by atoms with van der Waals surface area (Å²) in [6, 6.07) is 5.12. The van der Waals surface area contributed by atoms with Crippen LogP contribution < -0.4 is 10.5 Å². The molecule has 0 bridgehead atoms. The van der Waals surface area contributed by atoms with Gasteiger partial charge in [0.25, 0.3) is 0 Å². The lowest BCUT2D eigenvalue weighted by atomic mass is 10.3. The second-order valence-corrected chi connectivity index (χ2v) is 4.60. The molecular formula is C15H16ClN3O. The van der Waals surface area contributed by atoms with E-state index >= 15 is 0 Å². The van der Waals surface area contributed by atoms with Crippen LogP contribution in [0.4, 0.5) is 5.69 Å². The van der Waals surface area contributed by atoms with Gasteiger partial charge in [-0.2, -0.15) is 5.10 Å². The van der Waals surface area contributed by atoms with Gasteiger partial charge in [-0.3, -0.25) is 0 Å². The third-order valence-corrected chi connectivity index (χ3v) is 2.85. The van der Waals surface area contributed by atoms with E-state index in [0.29, 0.717) is 22.2 Å². The molecule has 0 amide bonds. The van der Waals surface area contributed by atoms with Crippen LogP contribution in [0.3, 0.4) is 0 Å². The zero-order valence-corrected chi connectivity index (χ0v) is 12.0. The van der Waals surface area contributed by atoms with Gasteiger partial charge < -0.3 is 10.5 Å². The number of hydrogen-bond acceptors (Lipinski definition) is 4. The van der Waals surface area contributed by atoms with Gasteiger partial charge in [0, 0.05) is 24.2 Å². The third-order valence-electron chi connectivity index (χ3n) is 2.56. The van der Waals surface area contributed by atoms with Gasteiger partial charge in [-0.1, -0.05) is 25.1 Å². The van der Waals surface area contributed by atoms with Gasteiger partial charge in [0.05, 0.1) is 10.7 Å². The molecular weight excluding hydrogens is 274 g/mol. The molecule has 0 radical (unpaired) electrons. The molecule has 0 atom stereocenters. The van der Waals surface area contributed by atoms with Gasteiger partial charge in [-0.25, -0.2) is 5.01 Å². The van der Waals surface area contributed by atoms with Crippen molar-refractivity contribution < 1.29 is 4.74 Å². The molecule has 1 aliphatic heterocycles. The summed E-state index contributed by atoms with van der Waals surface area (Å²) in [6.45, 7) is 5.95. The van der Waals surface area contributed by atoms with Gasteiger partial charge in [-0.15, -0.1) is 0 Å². The second-order valence-electron chi connectivity index (χ2n) is 4.20. The Morgan fingerprint density at radius 3 is 2.95 bits per heavy atom. The molecule has 2 N–H and O–H groups in total. The average molecular weight is 290 g/mol. The van der Waals surface area contributed by atoms with Crippen molar-refractivity contribution >= 4 is 23.5 Å². The fourth-order valence-corrected chi connectivity index (χ4v) is 1.82. The molecule has 0 aliphatic carbocycles. The predicted octanol–water partition coefficient (Wildman–Crippen LogP) is 3.92. The second kappa shape index (κ2) is 6.30. The first-order chi connectivity index (χ1) is 9.60. The van der Waals surface area contributed by atoms with Crippen LogP contribution in [0, 0.1) is 0 Å². The first kappa shape index (κ1) is 14.2. The Balaban J connectivity index is 2.10. The molecule has 1 heterocycles. The lowest BCUT2D eigenvalue weighted by Crippen LogP contribution is -2.12. The van der Waals surface area contributed by atoms with Crippen LogP contribution in [0.15, 0.2) is 59.7 Å². The number of nitrogens with zero attached hydrogens (tertiary/aromatic N) is 2. The lowest BCUT2D eigenvalue weighted by Gasteiger charge is -2.20. The van der Waals surface area contributed by atoms with Crippen LogP contribution in [0.25, 0.3) is 0 Å². The largest absolute Gasteiger partial charge is 0.456 e. The maximum absolute atomic E-state index is 6.07. The first-order valence-electron chi connectivity index (χ1n) is 6.23. The highest BCUT2D eigenvalue weighted by Gasteiger charge is 2.10. The van der Waals surface area contributed by atoms with Crippen LogP contribution in [0.2, 0.25) is 5.02 Å². The van der Waals surface area contributed by atoms with E-state index in [4.69, 9.17) is 22.1 Å². The molecule has 4 nitrogen and oxygen atoms in total. The summed E-state index contributed by atoms with van der Waals surface area (Å²) < 4.78 is 5.71. The lowest BCUT2D eigenvalue weighted by molar-refractivity contribution is 0.424. The van der Waals surface area contributed by atoms with Crippen LogP contribution >= 0.6 is 11.6 Å². The number of nitrogen functional groups attached to an aromatic ring is 1. The smallest absolute Gasteiger partial charge is 0.146 e. The first-order valence-corrected chi connectivity index (χ1v) is 6.61. The predicted molar refractivity (Wildman–Crippen MR) is 83.5 cm³/mol. The van der Waals surface area contributed by atoms with Crippen molar-refractivity contribution in [2.24, 2.45) is 5.10 Å². The minimum absolute atomic E-state index is 0.469. The van der Waals surface area contributed by atoms with E-state index < -0.39 is 0 Å². The number of nitrogens with two attached hydrogens (primary N) is 1. The zero-order valence-electron chi connectivity index (χ0n) is 11.2. The molecule has 1 aliphatic rings. The summed E-state index contributed by atoms with van der Waals surface area (Å²) in [4.78, 5) is 0. The molecule has 0 saturated carbocycles. The Morgan fingerprint density at radius 2 is 2.30 bits per heavy atom. The monoisotopic (exact) mass is 289 g/mol. The van der Waals surface area contributed by atoms with Crippen LogP contribution in [0.5, 0.6) is 5.75 Å². The maximum atomic E-state index is 6.07. The zero-order chi connectivity index (χ0) is 14.5. The molecule has 0 unspecified atom stereocenters. The van der Waals surface area contributed by atoms with Gasteiger partial charge in [0.2, 0.25) is 0 Å². The van der Waals surface area contributed by atoms with Crippen molar-refractivity contribution in [3.63, 3.8) is 0 Å². The fraction of sp³-hybridized carbons (Fsp3) is 0.133. The standard InChI is InChI=1S/C15H16ClN3O/c1-3-7-18-19-8-6-13(9-11(19)2)20-15-5-4-12(17)10-14(15)16/h4-10H,2-3,17H2,1H3/b18-7-. The highest BCUT2D eigenvalue weighted by atomic mass is 35.5. The molecule has 20 heavy (non-hydrogen) atoms. The van der Waals surface area contributed by atoms with Crippen LogP contribution in [-0.4, -0.2) is 11.2 Å². The molecule has 0 aromatic heterocycles. The van der Waals surface area contributed by atoms with Crippen molar-refractivity contribution in [3.8, 4) is 5.75 Å². The highest BCUT2D eigenvalue weighted by molar-refractivity contribution is 6.32. The summed E-state index contributed by atoms with van der Waals surface area (Å²) in [5.74, 6) is 1.19. The summed E-state index contributed by atoms with van der Waals surface area (Å²) in [5, 5.41) is 6.38. The quantitative estimate of drug-likeness (QED) is 0.675. The van der Waals surface area contributed by atoms with Gasteiger partial charge >= 0.3 is 0 Å². The Labute approximate surface area is 123 Å².